The van der Waals surface area contributed by atoms with Crippen LogP contribution in [-0.2, 0) is 0 Å². The first kappa shape index (κ1) is 12.1. The zero-order valence-electron chi connectivity index (χ0n) is 9.74. The van der Waals surface area contributed by atoms with E-state index in [9.17, 15) is 0 Å². The van der Waals surface area contributed by atoms with Gasteiger partial charge in [0, 0.05) is 9.53 Å². The van der Waals surface area contributed by atoms with E-state index in [1.807, 2.05) is 11.3 Å². The Balaban J connectivity index is 2.19. The molecule has 1 unspecified atom stereocenters. The second-order valence-electron chi connectivity index (χ2n) is 4.63. The van der Waals surface area contributed by atoms with Crippen LogP contribution in [0.1, 0.15) is 37.1 Å². The molecule has 0 N–H and O–H groups in total. The van der Waals surface area contributed by atoms with E-state index in [-0.39, 0.29) is 0 Å². The average molecular weight is 297 g/mol. The molecule has 1 aromatic carbocycles. The largest absolute Gasteiger partial charge is 0.143 e. The molecule has 16 heavy (non-hydrogen) atoms. The van der Waals surface area contributed by atoms with Crippen LogP contribution in [0.2, 0.25) is 0 Å². The maximum Gasteiger partial charge on any atom is 0.0409 e. The minimum Gasteiger partial charge on any atom is -0.143 e. The summed E-state index contributed by atoms with van der Waals surface area (Å²) in [5.74, 6) is 0.782. The van der Waals surface area contributed by atoms with E-state index in [0.717, 1.165) is 5.92 Å². The van der Waals surface area contributed by atoms with Gasteiger partial charge in [-0.25, -0.2) is 0 Å². The minimum atomic E-state index is 0.506. The van der Waals surface area contributed by atoms with Gasteiger partial charge in [0.25, 0.3) is 0 Å². The van der Waals surface area contributed by atoms with Gasteiger partial charge in [-0.3, -0.25) is 0 Å². The van der Waals surface area contributed by atoms with Crippen LogP contribution in [0.3, 0.4) is 0 Å². The zero-order chi connectivity index (χ0) is 11.5. The van der Waals surface area contributed by atoms with Gasteiger partial charge >= 0.3 is 0 Å². The molecule has 0 spiro atoms. The van der Waals surface area contributed by atoms with Crippen LogP contribution >= 0.6 is 27.3 Å². The SMILES string of the molecule is CC(C)CCC(Br)c1csc2ccccc12. The number of halogens is 1. The van der Waals surface area contributed by atoms with Crippen molar-refractivity contribution in [2.24, 2.45) is 5.92 Å². The summed E-state index contributed by atoms with van der Waals surface area (Å²) >= 11 is 5.67. The van der Waals surface area contributed by atoms with Gasteiger partial charge < -0.3 is 0 Å². The number of benzene rings is 1. The first-order chi connectivity index (χ1) is 7.68. The lowest BCUT2D eigenvalue weighted by Gasteiger charge is -2.10. The number of thiophene rings is 1. The van der Waals surface area contributed by atoms with Gasteiger partial charge in [-0.05, 0) is 41.2 Å². The molecule has 0 aliphatic rings. The van der Waals surface area contributed by atoms with Crippen LogP contribution in [0, 0.1) is 5.92 Å². The van der Waals surface area contributed by atoms with Crippen LogP contribution < -0.4 is 0 Å². The Hall–Kier alpha value is -0.340. The quantitative estimate of drug-likeness (QED) is 0.628. The summed E-state index contributed by atoms with van der Waals surface area (Å²) in [6, 6.07) is 8.66. The number of fused-ring (bicyclic) bond motifs is 1. The van der Waals surface area contributed by atoms with E-state index in [4.69, 9.17) is 0 Å². The predicted octanol–water partition coefficient (Wildman–Crippen LogP) is 5.77. The molecule has 0 bridgehead atoms. The number of rotatable bonds is 4. The third-order valence-electron chi connectivity index (χ3n) is 2.85. The third-order valence-corrected chi connectivity index (χ3v) is 4.78. The third kappa shape index (κ3) is 2.67. The molecule has 0 saturated carbocycles. The molecule has 0 aliphatic heterocycles. The van der Waals surface area contributed by atoms with Crippen molar-refractivity contribution in [1.29, 1.82) is 0 Å². The van der Waals surface area contributed by atoms with Crippen molar-refractivity contribution in [2.45, 2.75) is 31.5 Å². The Kier molecular flexibility index (Phi) is 4.04. The molecule has 2 rings (SSSR count). The van der Waals surface area contributed by atoms with Gasteiger partial charge in [-0.1, -0.05) is 48.0 Å². The highest BCUT2D eigenvalue weighted by molar-refractivity contribution is 9.09. The first-order valence-corrected chi connectivity index (χ1v) is 7.58. The molecule has 0 saturated heterocycles. The Labute approximate surface area is 110 Å². The molecule has 86 valence electrons. The van der Waals surface area contributed by atoms with E-state index < -0.39 is 0 Å². The summed E-state index contributed by atoms with van der Waals surface area (Å²) in [6.07, 6.45) is 2.50. The fourth-order valence-corrected chi connectivity index (χ4v) is 3.71. The molecule has 0 fully saturated rings. The molecule has 1 heterocycles. The van der Waals surface area contributed by atoms with Gasteiger partial charge in [-0.2, -0.15) is 0 Å². The van der Waals surface area contributed by atoms with E-state index in [0.29, 0.717) is 4.83 Å². The first-order valence-electron chi connectivity index (χ1n) is 5.78. The monoisotopic (exact) mass is 296 g/mol. The zero-order valence-corrected chi connectivity index (χ0v) is 12.1. The number of alkyl halides is 1. The molecule has 0 nitrogen and oxygen atoms in total. The second-order valence-corrected chi connectivity index (χ2v) is 6.64. The van der Waals surface area contributed by atoms with E-state index in [1.54, 1.807) is 0 Å². The Bertz CT molecular complexity index is 458. The van der Waals surface area contributed by atoms with E-state index in [2.05, 4.69) is 59.4 Å². The Morgan fingerprint density at radius 1 is 1.19 bits per heavy atom. The van der Waals surface area contributed by atoms with Crippen molar-refractivity contribution in [3.63, 3.8) is 0 Å². The van der Waals surface area contributed by atoms with Gasteiger partial charge in [0.1, 0.15) is 0 Å². The highest BCUT2D eigenvalue weighted by Gasteiger charge is 2.12. The van der Waals surface area contributed by atoms with Crippen molar-refractivity contribution in [2.75, 3.05) is 0 Å². The fraction of sp³-hybridized carbons (Fsp3) is 0.429. The van der Waals surface area contributed by atoms with Gasteiger partial charge in [0.05, 0.1) is 0 Å². The second kappa shape index (κ2) is 5.33. The predicted molar refractivity (Wildman–Crippen MR) is 77.6 cm³/mol. The van der Waals surface area contributed by atoms with Crippen LogP contribution in [0.15, 0.2) is 29.6 Å². The molecule has 0 radical (unpaired) electrons. The average Bonchev–Trinajstić information content (AvgIpc) is 2.69. The summed E-state index contributed by atoms with van der Waals surface area (Å²) in [7, 11) is 0. The number of hydrogen-bond acceptors (Lipinski definition) is 1. The highest BCUT2D eigenvalue weighted by Crippen LogP contribution is 2.37. The summed E-state index contributed by atoms with van der Waals surface area (Å²) in [5, 5.41) is 3.71. The number of hydrogen-bond donors (Lipinski definition) is 0. The van der Waals surface area contributed by atoms with Crippen molar-refractivity contribution >= 4 is 37.4 Å². The maximum absolute atomic E-state index is 3.82. The molecule has 2 aromatic rings. The molecular weight excluding hydrogens is 280 g/mol. The highest BCUT2D eigenvalue weighted by atomic mass is 79.9. The molecule has 0 amide bonds. The normalized spacial score (nSPS) is 13.5. The van der Waals surface area contributed by atoms with Crippen LogP contribution in [0.5, 0.6) is 0 Å². The van der Waals surface area contributed by atoms with Gasteiger partial charge in [0.15, 0.2) is 0 Å². The molecule has 1 aromatic heterocycles. The van der Waals surface area contributed by atoms with Crippen LogP contribution in [-0.4, -0.2) is 0 Å². The fourth-order valence-electron chi connectivity index (χ4n) is 1.88. The topological polar surface area (TPSA) is 0 Å². The van der Waals surface area contributed by atoms with Crippen LogP contribution in [0.4, 0.5) is 0 Å². The van der Waals surface area contributed by atoms with Crippen molar-refractivity contribution < 1.29 is 0 Å². The maximum atomic E-state index is 3.82. The van der Waals surface area contributed by atoms with E-state index >= 15 is 0 Å². The summed E-state index contributed by atoms with van der Waals surface area (Å²) in [5.41, 5.74) is 1.46. The van der Waals surface area contributed by atoms with Gasteiger partial charge in [0.2, 0.25) is 0 Å². The Morgan fingerprint density at radius 3 is 2.69 bits per heavy atom. The standard InChI is InChI=1S/C14H17BrS/c1-10(2)7-8-13(15)12-9-16-14-6-4-3-5-11(12)14/h3-6,9-10,13H,7-8H2,1-2H3. The van der Waals surface area contributed by atoms with E-state index in [1.165, 1.54) is 28.5 Å². The lowest BCUT2D eigenvalue weighted by Crippen LogP contribution is -1.93. The smallest absolute Gasteiger partial charge is 0.0409 e. The van der Waals surface area contributed by atoms with Gasteiger partial charge in [-0.15, -0.1) is 11.3 Å². The Morgan fingerprint density at radius 2 is 1.94 bits per heavy atom. The summed E-state index contributed by atoms with van der Waals surface area (Å²) in [6.45, 7) is 4.57. The minimum absolute atomic E-state index is 0.506. The van der Waals surface area contributed by atoms with Crippen molar-refractivity contribution in [3.8, 4) is 0 Å². The lowest BCUT2D eigenvalue weighted by atomic mass is 10.0. The molecule has 0 aliphatic carbocycles. The lowest BCUT2D eigenvalue weighted by molar-refractivity contribution is 0.555. The molecule has 2 heteroatoms. The van der Waals surface area contributed by atoms with Crippen LogP contribution in [0.25, 0.3) is 10.1 Å². The molecule has 1 atom stereocenters. The van der Waals surface area contributed by atoms with Crippen molar-refractivity contribution in [1.82, 2.24) is 0 Å². The summed E-state index contributed by atoms with van der Waals surface area (Å²) in [4.78, 5) is 0.506. The van der Waals surface area contributed by atoms with Crippen molar-refractivity contribution in [3.05, 3.63) is 35.2 Å². The summed E-state index contributed by atoms with van der Waals surface area (Å²) < 4.78 is 1.39. The molecular formula is C14H17BrS.